The zero-order valence-corrected chi connectivity index (χ0v) is 51.1. The lowest BCUT2D eigenvalue weighted by Crippen LogP contribution is -2.54. The van der Waals surface area contributed by atoms with Gasteiger partial charge in [0.15, 0.2) is 0 Å². The molecule has 5 saturated carbocycles. The normalized spacial score (nSPS) is 28.6. The summed E-state index contributed by atoms with van der Waals surface area (Å²) in [5.41, 5.74) is 5.21. The van der Waals surface area contributed by atoms with Crippen molar-refractivity contribution in [1.82, 2.24) is 10.6 Å². The summed E-state index contributed by atoms with van der Waals surface area (Å²) < 4.78 is 3.86. The average Bonchev–Trinajstić information content (AvgIpc) is 3.82. The highest BCUT2D eigenvalue weighted by Crippen LogP contribution is 2.69. The van der Waals surface area contributed by atoms with Crippen molar-refractivity contribution in [3.8, 4) is 0 Å². The molecule has 0 aliphatic heterocycles. The van der Waals surface area contributed by atoms with E-state index in [0.717, 1.165) is 72.0 Å². The van der Waals surface area contributed by atoms with Crippen molar-refractivity contribution in [2.45, 2.75) is 257 Å². The van der Waals surface area contributed by atoms with Crippen LogP contribution in [0.15, 0.2) is 18.2 Å². The lowest BCUT2D eigenvalue weighted by Gasteiger charge is -2.61. The number of hydrogen-bond donors (Lipinski definition) is 4. The molecule has 75 heavy (non-hydrogen) atoms. The van der Waals surface area contributed by atoms with Gasteiger partial charge in [-0.2, -0.15) is 0 Å². The topological polar surface area (TPSA) is 151 Å². The second kappa shape index (κ2) is 44.9. The molecule has 10 nitrogen and oxygen atoms in total. The molecule has 0 saturated heterocycles. The first-order valence-corrected chi connectivity index (χ1v) is 28.6. The minimum Gasteiger partial charge on any atom is -0.481 e. The number of amides is 2. The lowest BCUT2D eigenvalue weighted by molar-refractivity contribution is -0.290. The van der Waals surface area contributed by atoms with Gasteiger partial charge in [0.2, 0.25) is 11.8 Å². The van der Waals surface area contributed by atoms with Crippen LogP contribution in [0.1, 0.15) is 247 Å². The molecule has 0 bridgehead atoms. The number of aryl methyl sites for hydroxylation is 3. The van der Waals surface area contributed by atoms with Gasteiger partial charge in [0.05, 0.1) is 13.2 Å². The van der Waals surface area contributed by atoms with Crippen LogP contribution >= 0.6 is 0 Å². The number of carbonyl (C=O) groups is 4. The molecular weight excluding hydrogens is 937 g/mol. The van der Waals surface area contributed by atoms with E-state index in [2.05, 4.69) is 124 Å². The Labute approximate surface area is 466 Å². The smallest absolute Gasteiger partial charge is 0.300 e. The molecular formula is C65H130N2O8. The average molecular weight is 1070 g/mol. The fraction of sp³-hybridized carbons (Fsp3) is 0.846. The fourth-order valence-electron chi connectivity index (χ4n) is 13.7. The van der Waals surface area contributed by atoms with Crippen LogP contribution in [0.25, 0.3) is 0 Å². The highest BCUT2D eigenvalue weighted by Gasteiger charge is 2.60. The molecule has 10 heteroatoms. The van der Waals surface area contributed by atoms with E-state index in [-0.39, 0.29) is 40.2 Å². The Morgan fingerprint density at radius 2 is 1.15 bits per heavy atom. The van der Waals surface area contributed by atoms with E-state index in [1.54, 1.807) is 14.1 Å². The predicted octanol–water partition coefficient (Wildman–Crippen LogP) is 17.9. The Hall–Kier alpha value is -2.98. The van der Waals surface area contributed by atoms with Crippen molar-refractivity contribution in [3.05, 3.63) is 34.9 Å². The van der Waals surface area contributed by atoms with Crippen molar-refractivity contribution >= 4 is 24.3 Å². The number of ether oxygens (including phenoxy) is 1. The standard InChI is InChI=1S/C29H52O2.C10H20.C9H12.2C3H7NO.2C2H4O2.2C2H6.3CH4/c1-19(2)8-7-9-20(3)25-12-13-26-24-11-10-23-18-22(21(4)31-30)14-16-28(23,5)27(24)15-17-29(25,26)6;1-5-10-8(3)6-7(2)9(10)4;1-7-4-8(2)6-9(3)5-7;2*1-3(5)4-2;1-4-2-3;1-2(3)4;2*1-2;;;/h19-27,30H,7-18H2,1-6H3;7-10H,5-6H2,1-4H3;4-6H,1-3H3;2*1-2H3,(H,4,5);2H,1H3;1H3,(H,3,4);2*1-2H3;3*1H4. The van der Waals surface area contributed by atoms with E-state index in [0.29, 0.717) is 23.2 Å². The van der Waals surface area contributed by atoms with E-state index in [1.807, 2.05) is 27.7 Å². The van der Waals surface area contributed by atoms with Crippen molar-refractivity contribution < 1.29 is 39.2 Å². The summed E-state index contributed by atoms with van der Waals surface area (Å²) >= 11 is 0. The van der Waals surface area contributed by atoms with Gasteiger partial charge in [-0.3, -0.25) is 24.4 Å². The summed E-state index contributed by atoms with van der Waals surface area (Å²) in [5.74, 6) is 10.2. The zero-order valence-electron chi connectivity index (χ0n) is 51.1. The van der Waals surface area contributed by atoms with E-state index in [1.165, 1.54) is 128 Å². The van der Waals surface area contributed by atoms with Crippen molar-refractivity contribution in [1.29, 1.82) is 0 Å². The number of fused-ring (bicyclic) bond motifs is 5. The van der Waals surface area contributed by atoms with Gasteiger partial charge in [0.1, 0.15) is 0 Å². The summed E-state index contributed by atoms with van der Waals surface area (Å²) in [6.45, 7) is 43.1. The molecule has 5 fully saturated rings. The predicted molar refractivity (Wildman–Crippen MR) is 325 cm³/mol. The van der Waals surface area contributed by atoms with E-state index < -0.39 is 5.97 Å². The Bertz CT molecular complexity index is 1520. The van der Waals surface area contributed by atoms with Crippen molar-refractivity contribution in [2.75, 3.05) is 21.2 Å². The van der Waals surface area contributed by atoms with Gasteiger partial charge in [-0.1, -0.05) is 173 Å². The molecule has 1 aromatic rings. The molecule has 1 aromatic carbocycles. The summed E-state index contributed by atoms with van der Waals surface area (Å²) in [4.78, 5) is 42.1. The second-order valence-corrected chi connectivity index (χ2v) is 22.8. The Morgan fingerprint density at radius 1 is 0.720 bits per heavy atom. The van der Waals surface area contributed by atoms with Crippen LogP contribution in [-0.4, -0.2) is 61.9 Å². The minimum absolute atomic E-state index is 0. The van der Waals surface area contributed by atoms with Crippen LogP contribution < -0.4 is 10.6 Å². The number of carboxylic acids is 1. The summed E-state index contributed by atoms with van der Waals surface area (Å²) in [6.07, 6.45) is 19.9. The SMILES string of the molecule is C.C.C.CC.CC.CC(=O)O.CC(C)CCCC(C)C1CCC2C3CCC4CC(C(C)OO)CCC4(C)C3CCC12C.CCC1C(C)CC(C)C1C.CNC(C)=O.CNC(C)=O.COC=O.Cc1cc(C)cc(C)c1. The number of rotatable bonds is 9. The first-order chi connectivity index (χ1) is 33.7. The number of carboxylic acid groups (broad SMARTS) is 1. The maximum absolute atomic E-state index is 9.70. The van der Waals surface area contributed by atoms with E-state index in [9.17, 15) is 14.8 Å². The molecule has 5 aliphatic rings. The number of nitrogens with one attached hydrogen (secondary N) is 2. The molecule has 0 spiro atoms. The van der Waals surface area contributed by atoms with Crippen LogP contribution in [0.4, 0.5) is 0 Å². The summed E-state index contributed by atoms with van der Waals surface area (Å²) in [5, 5.41) is 21.4. The van der Waals surface area contributed by atoms with Gasteiger partial charge < -0.3 is 20.5 Å². The second-order valence-electron chi connectivity index (χ2n) is 22.8. The minimum atomic E-state index is -0.833. The van der Waals surface area contributed by atoms with Crippen LogP contribution in [0.5, 0.6) is 0 Å². The molecule has 14 unspecified atom stereocenters. The quantitative estimate of drug-likeness (QED) is 0.108. The first-order valence-electron chi connectivity index (χ1n) is 28.6. The highest BCUT2D eigenvalue weighted by atomic mass is 17.1. The highest BCUT2D eigenvalue weighted by molar-refractivity contribution is 5.72. The molecule has 5 aliphatic carbocycles. The molecule has 0 aromatic heterocycles. The molecule has 6 rings (SSSR count). The van der Waals surface area contributed by atoms with Crippen LogP contribution in [0.3, 0.4) is 0 Å². The van der Waals surface area contributed by atoms with Gasteiger partial charge >= 0.3 is 0 Å². The van der Waals surface area contributed by atoms with E-state index in [4.69, 9.17) is 19.6 Å². The zero-order chi connectivity index (χ0) is 56.5. The van der Waals surface area contributed by atoms with Gasteiger partial charge in [-0.15, -0.1) is 0 Å². The van der Waals surface area contributed by atoms with Crippen molar-refractivity contribution in [3.63, 3.8) is 0 Å². The number of carbonyl (C=O) groups excluding carboxylic acids is 3. The fourth-order valence-corrected chi connectivity index (χ4v) is 13.7. The van der Waals surface area contributed by atoms with Crippen LogP contribution in [-0.2, 0) is 28.8 Å². The number of methoxy groups -OCH3 is 1. The molecule has 0 heterocycles. The van der Waals surface area contributed by atoms with Crippen molar-refractivity contribution in [2.24, 2.45) is 81.8 Å². The third-order valence-electron chi connectivity index (χ3n) is 17.4. The van der Waals surface area contributed by atoms with Crippen LogP contribution in [0.2, 0.25) is 0 Å². The Balaban J connectivity index is -0.000000222. The lowest BCUT2D eigenvalue weighted by atomic mass is 9.44. The summed E-state index contributed by atoms with van der Waals surface area (Å²) in [6, 6.07) is 6.56. The largest absolute Gasteiger partial charge is 0.481 e. The van der Waals surface area contributed by atoms with Crippen LogP contribution in [0, 0.1) is 103 Å². The molecule has 448 valence electrons. The van der Waals surface area contributed by atoms with Gasteiger partial charge in [-0.25, -0.2) is 4.89 Å². The number of benzene rings is 1. The number of aliphatic carboxylic acids is 1. The maximum atomic E-state index is 9.70. The third-order valence-corrected chi connectivity index (χ3v) is 17.4. The van der Waals surface area contributed by atoms with Gasteiger partial charge in [0.25, 0.3) is 12.4 Å². The number of hydrogen-bond acceptors (Lipinski definition) is 7. The van der Waals surface area contributed by atoms with Gasteiger partial charge in [-0.05, 0) is 174 Å². The monoisotopic (exact) mass is 1070 g/mol. The molecule has 2 amide bonds. The van der Waals surface area contributed by atoms with E-state index >= 15 is 0 Å². The summed E-state index contributed by atoms with van der Waals surface area (Å²) in [7, 11) is 4.51. The first kappa shape index (κ1) is 83.3. The Morgan fingerprint density at radius 3 is 1.49 bits per heavy atom. The molecule has 14 atom stereocenters. The molecule has 0 radical (unpaired) electrons. The Kier molecular flexibility index (Phi) is 49.9. The third kappa shape index (κ3) is 30.1. The maximum Gasteiger partial charge on any atom is 0.300 e. The van der Waals surface area contributed by atoms with Gasteiger partial charge in [0, 0.05) is 34.9 Å². The molecule has 4 N–H and O–H groups in total.